The van der Waals surface area contributed by atoms with Crippen LogP contribution in [-0.2, 0) is 6.18 Å². The number of benzene rings is 1. The SMILES string of the molecule is N#C/C(=C\c1cc(Cl)c2c(c1)OCCCO2)c1ccc(C(F)(F)F)cn1. The summed E-state index contributed by atoms with van der Waals surface area (Å²) in [5.74, 6) is 0.895. The number of halogens is 4. The molecule has 1 aromatic heterocycles. The Morgan fingerprint density at radius 1 is 1.23 bits per heavy atom. The van der Waals surface area contributed by atoms with Gasteiger partial charge in [-0.05, 0) is 35.9 Å². The number of allylic oxidation sites excluding steroid dienone is 1. The Morgan fingerprint density at radius 3 is 2.65 bits per heavy atom. The standard InChI is InChI=1S/C18H12ClF3N2O2/c19-14-7-11(8-16-17(14)26-5-1-4-25-16)6-12(9-23)15-3-2-13(10-24-15)18(20,21)22/h2-3,6-8,10H,1,4-5H2/b12-6+. The Bertz CT molecular complexity index is 887. The molecule has 26 heavy (non-hydrogen) atoms. The molecular weight excluding hydrogens is 369 g/mol. The first-order valence-electron chi connectivity index (χ1n) is 7.63. The molecule has 0 radical (unpaired) electrons. The summed E-state index contributed by atoms with van der Waals surface area (Å²) >= 11 is 6.21. The molecule has 0 N–H and O–H groups in total. The smallest absolute Gasteiger partial charge is 0.417 e. The molecule has 0 saturated heterocycles. The van der Waals surface area contributed by atoms with Crippen molar-refractivity contribution in [2.45, 2.75) is 12.6 Å². The van der Waals surface area contributed by atoms with E-state index in [0.29, 0.717) is 41.5 Å². The molecule has 0 fully saturated rings. The van der Waals surface area contributed by atoms with E-state index >= 15 is 0 Å². The summed E-state index contributed by atoms with van der Waals surface area (Å²) in [6.07, 6.45) is -1.59. The van der Waals surface area contributed by atoms with Gasteiger partial charge in [-0.2, -0.15) is 18.4 Å². The van der Waals surface area contributed by atoms with Gasteiger partial charge in [0, 0.05) is 12.6 Å². The van der Waals surface area contributed by atoms with Gasteiger partial charge in [-0.25, -0.2) is 0 Å². The summed E-state index contributed by atoms with van der Waals surface area (Å²) in [4.78, 5) is 3.74. The maximum Gasteiger partial charge on any atom is 0.417 e. The molecule has 0 atom stereocenters. The molecule has 1 aliphatic heterocycles. The maximum atomic E-state index is 12.6. The summed E-state index contributed by atoms with van der Waals surface area (Å²) in [5, 5.41) is 9.68. The van der Waals surface area contributed by atoms with E-state index in [1.807, 2.05) is 6.07 Å². The molecule has 0 unspecified atom stereocenters. The predicted molar refractivity (Wildman–Crippen MR) is 89.8 cm³/mol. The predicted octanol–water partition coefficient (Wildman–Crippen LogP) is 4.98. The number of pyridine rings is 1. The van der Waals surface area contributed by atoms with Crippen molar-refractivity contribution < 1.29 is 22.6 Å². The van der Waals surface area contributed by atoms with Gasteiger partial charge < -0.3 is 9.47 Å². The minimum absolute atomic E-state index is 0.101. The van der Waals surface area contributed by atoms with Gasteiger partial charge in [0.15, 0.2) is 11.5 Å². The van der Waals surface area contributed by atoms with Crippen molar-refractivity contribution in [3.05, 3.63) is 52.3 Å². The second-order valence-electron chi connectivity index (χ2n) is 5.48. The molecule has 1 aromatic carbocycles. The second kappa shape index (κ2) is 7.26. The summed E-state index contributed by atoms with van der Waals surface area (Å²) < 4.78 is 49.0. The van der Waals surface area contributed by atoms with E-state index in [0.717, 1.165) is 18.6 Å². The van der Waals surface area contributed by atoms with Crippen molar-refractivity contribution in [3.63, 3.8) is 0 Å². The van der Waals surface area contributed by atoms with Crippen LogP contribution in [0, 0.1) is 11.3 Å². The molecule has 0 aliphatic carbocycles. The fourth-order valence-corrected chi connectivity index (χ4v) is 2.66. The van der Waals surface area contributed by atoms with Crippen LogP contribution in [0.3, 0.4) is 0 Å². The van der Waals surface area contributed by atoms with Crippen LogP contribution in [-0.4, -0.2) is 18.2 Å². The summed E-state index contributed by atoms with van der Waals surface area (Å²) in [6, 6.07) is 7.23. The first-order chi connectivity index (χ1) is 12.4. The molecule has 2 aromatic rings. The molecular formula is C18H12ClF3N2O2. The first kappa shape index (κ1) is 18.1. The number of nitrogens with zero attached hydrogens (tertiary/aromatic N) is 2. The summed E-state index contributed by atoms with van der Waals surface area (Å²) in [5.41, 5.74) is -0.0947. The Morgan fingerprint density at radius 2 is 2.00 bits per heavy atom. The van der Waals surface area contributed by atoms with Crippen LogP contribution in [0.5, 0.6) is 11.5 Å². The van der Waals surface area contributed by atoms with Crippen molar-refractivity contribution in [1.82, 2.24) is 4.98 Å². The molecule has 2 heterocycles. The fraction of sp³-hybridized carbons (Fsp3) is 0.222. The number of alkyl halides is 3. The van der Waals surface area contributed by atoms with Gasteiger partial charge in [0.2, 0.25) is 0 Å². The Kier molecular flexibility index (Phi) is 5.05. The van der Waals surface area contributed by atoms with Gasteiger partial charge in [0.25, 0.3) is 0 Å². The molecule has 0 amide bonds. The van der Waals surface area contributed by atoms with Crippen molar-refractivity contribution in [1.29, 1.82) is 5.26 Å². The van der Waals surface area contributed by atoms with Crippen LogP contribution in [0.1, 0.15) is 23.2 Å². The lowest BCUT2D eigenvalue weighted by Crippen LogP contribution is -2.05. The largest absolute Gasteiger partial charge is 0.489 e. The van der Waals surface area contributed by atoms with Crippen molar-refractivity contribution in [3.8, 4) is 17.6 Å². The van der Waals surface area contributed by atoms with E-state index in [2.05, 4.69) is 4.98 Å². The van der Waals surface area contributed by atoms with Gasteiger partial charge in [-0.1, -0.05) is 11.6 Å². The highest BCUT2D eigenvalue weighted by Gasteiger charge is 2.30. The van der Waals surface area contributed by atoms with Gasteiger partial charge in [0.1, 0.15) is 6.07 Å². The number of aromatic nitrogens is 1. The van der Waals surface area contributed by atoms with E-state index < -0.39 is 11.7 Å². The number of ether oxygens (including phenoxy) is 2. The van der Waals surface area contributed by atoms with Crippen molar-refractivity contribution >= 4 is 23.3 Å². The Hall–Kier alpha value is -2.72. The van der Waals surface area contributed by atoms with Crippen molar-refractivity contribution in [2.75, 3.05) is 13.2 Å². The summed E-state index contributed by atoms with van der Waals surface area (Å²) in [7, 11) is 0. The van der Waals surface area contributed by atoms with E-state index in [1.165, 1.54) is 6.08 Å². The third-order valence-corrected chi connectivity index (χ3v) is 3.90. The minimum Gasteiger partial charge on any atom is -0.489 e. The van der Waals surface area contributed by atoms with Crippen LogP contribution in [0.2, 0.25) is 5.02 Å². The fourth-order valence-electron chi connectivity index (χ4n) is 2.39. The molecule has 8 heteroatoms. The zero-order valence-electron chi connectivity index (χ0n) is 13.3. The first-order valence-corrected chi connectivity index (χ1v) is 8.01. The minimum atomic E-state index is -4.48. The number of rotatable bonds is 2. The highest BCUT2D eigenvalue weighted by Crippen LogP contribution is 2.39. The molecule has 3 rings (SSSR count). The van der Waals surface area contributed by atoms with E-state index in [1.54, 1.807) is 12.1 Å². The zero-order valence-corrected chi connectivity index (χ0v) is 14.1. The van der Waals surface area contributed by atoms with E-state index in [9.17, 15) is 18.4 Å². The molecule has 0 spiro atoms. The van der Waals surface area contributed by atoms with Gasteiger partial charge >= 0.3 is 6.18 Å². The van der Waals surface area contributed by atoms with Gasteiger partial charge in [-0.3, -0.25) is 4.98 Å². The molecule has 0 bridgehead atoms. The topological polar surface area (TPSA) is 55.1 Å². The monoisotopic (exact) mass is 380 g/mol. The normalized spacial score (nSPS) is 14.5. The van der Waals surface area contributed by atoms with Crippen LogP contribution < -0.4 is 9.47 Å². The molecule has 4 nitrogen and oxygen atoms in total. The van der Waals surface area contributed by atoms with Crippen molar-refractivity contribution in [2.24, 2.45) is 0 Å². The second-order valence-corrected chi connectivity index (χ2v) is 5.89. The quantitative estimate of drug-likeness (QED) is 0.689. The van der Waals surface area contributed by atoms with Crippen LogP contribution in [0.15, 0.2) is 30.5 Å². The third kappa shape index (κ3) is 3.92. The molecule has 1 aliphatic rings. The van der Waals surface area contributed by atoms with Gasteiger partial charge in [-0.15, -0.1) is 0 Å². The van der Waals surface area contributed by atoms with E-state index in [-0.39, 0.29) is 11.3 Å². The number of hydrogen-bond donors (Lipinski definition) is 0. The molecule has 0 saturated carbocycles. The average molecular weight is 381 g/mol. The average Bonchev–Trinajstić information content (AvgIpc) is 2.85. The Balaban J connectivity index is 1.96. The highest BCUT2D eigenvalue weighted by atomic mass is 35.5. The highest BCUT2D eigenvalue weighted by molar-refractivity contribution is 6.32. The summed E-state index contributed by atoms with van der Waals surface area (Å²) in [6.45, 7) is 0.961. The van der Waals surface area contributed by atoms with Crippen LogP contribution >= 0.6 is 11.6 Å². The zero-order chi connectivity index (χ0) is 18.7. The van der Waals surface area contributed by atoms with E-state index in [4.69, 9.17) is 21.1 Å². The number of nitriles is 1. The molecule has 134 valence electrons. The lowest BCUT2D eigenvalue weighted by atomic mass is 10.1. The lowest BCUT2D eigenvalue weighted by molar-refractivity contribution is -0.137. The lowest BCUT2D eigenvalue weighted by Gasteiger charge is -2.10. The number of hydrogen-bond acceptors (Lipinski definition) is 4. The van der Waals surface area contributed by atoms with Crippen LogP contribution in [0.25, 0.3) is 11.6 Å². The number of fused-ring (bicyclic) bond motifs is 1. The van der Waals surface area contributed by atoms with Gasteiger partial charge in [0.05, 0.1) is 35.1 Å². The van der Waals surface area contributed by atoms with Crippen LogP contribution in [0.4, 0.5) is 13.2 Å². The third-order valence-electron chi connectivity index (χ3n) is 3.62. The Labute approximate surface area is 152 Å². The maximum absolute atomic E-state index is 12.6.